The van der Waals surface area contributed by atoms with Crippen LogP contribution < -0.4 is 10.1 Å². The van der Waals surface area contributed by atoms with Crippen molar-refractivity contribution in [1.82, 2.24) is 5.32 Å². The maximum absolute atomic E-state index is 5.27. The SMILES string of the molecule is COc1ccc(CC(C)C(C)CNC2CC2)cc1Br. The number of nitrogens with one attached hydrogen (secondary N) is 1. The number of benzene rings is 1. The third kappa shape index (κ3) is 4.50. The third-order valence-corrected chi connectivity index (χ3v) is 4.67. The highest BCUT2D eigenvalue weighted by Gasteiger charge is 2.22. The Morgan fingerprint density at radius 2 is 2.05 bits per heavy atom. The van der Waals surface area contributed by atoms with E-state index in [1.165, 1.54) is 18.4 Å². The zero-order valence-electron chi connectivity index (χ0n) is 12.1. The molecular weight excluding hydrogens is 302 g/mol. The van der Waals surface area contributed by atoms with Gasteiger partial charge < -0.3 is 10.1 Å². The number of ether oxygens (including phenoxy) is 1. The van der Waals surface area contributed by atoms with E-state index in [2.05, 4.69) is 47.2 Å². The molecule has 106 valence electrons. The summed E-state index contributed by atoms with van der Waals surface area (Å²) in [7, 11) is 1.70. The second-order valence-corrected chi connectivity index (χ2v) is 6.66. The van der Waals surface area contributed by atoms with Crippen molar-refractivity contribution in [1.29, 1.82) is 0 Å². The van der Waals surface area contributed by atoms with Crippen molar-refractivity contribution in [2.24, 2.45) is 11.8 Å². The first-order valence-corrected chi connectivity index (χ1v) is 7.95. The van der Waals surface area contributed by atoms with Gasteiger partial charge in [0.25, 0.3) is 0 Å². The van der Waals surface area contributed by atoms with E-state index < -0.39 is 0 Å². The second kappa shape index (κ2) is 6.76. The molecule has 1 aromatic rings. The molecule has 1 aliphatic rings. The number of methoxy groups -OCH3 is 1. The number of hydrogen-bond donors (Lipinski definition) is 1. The Morgan fingerprint density at radius 1 is 1.32 bits per heavy atom. The maximum Gasteiger partial charge on any atom is 0.133 e. The summed E-state index contributed by atoms with van der Waals surface area (Å²) in [6, 6.07) is 7.20. The van der Waals surface area contributed by atoms with Crippen molar-refractivity contribution >= 4 is 15.9 Å². The van der Waals surface area contributed by atoms with E-state index in [0.29, 0.717) is 11.8 Å². The van der Waals surface area contributed by atoms with Crippen molar-refractivity contribution in [2.75, 3.05) is 13.7 Å². The highest BCUT2D eigenvalue weighted by atomic mass is 79.9. The van der Waals surface area contributed by atoms with Gasteiger partial charge >= 0.3 is 0 Å². The van der Waals surface area contributed by atoms with E-state index in [-0.39, 0.29) is 0 Å². The molecule has 1 saturated carbocycles. The summed E-state index contributed by atoms with van der Waals surface area (Å²) in [5.74, 6) is 2.30. The first-order chi connectivity index (χ1) is 9.10. The van der Waals surface area contributed by atoms with E-state index in [4.69, 9.17) is 4.74 Å². The summed E-state index contributed by atoms with van der Waals surface area (Å²) in [5.41, 5.74) is 1.37. The molecule has 19 heavy (non-hydrogen) atoms. The van der Waals surface area contributed by atoms with Crippen molar-refractivity contribution in [3.63, 3.8) is 0 Å². The zero-order chi connectivity index (χ0) is 13.8. The van der Waals surface area contributed by atoms with Crippen LogP contribution in [0.2, 0.25) is 0 Å². The maximum atomic E-state index is 5.27. The Bertz CT molecular complexity index is 417. The molecule has 0 amide bonds. The lowest BCUT2D eigenvalue weighted by molar-refractivity contribution is 0.363. The van der Waals surface area contributed by atoms with E-state index in [1.807, 2.05) is 6.07 Å². The van der Waals surface area contributed by atoms with Crippen LogP contribution in [0.25, 0.3) is 0 Å². The molecule has 0 aliphatic heterocycles. The minimum absolute atomic E-state index is 0.687. The largest absolute Gasteiger partial charge is 0.496 e. The Balaban J connectivity index is 1.86. The van der Waals surface area contributed by atoms with Crippen LogP contribution in [0.4, 0.5) is 0 Å². The normalized spacial score (nSPS) is 18.1. The lowest BCUT2D eigenvalue weighted by Crippen LogP contribution is -2.27. The molecule has 0 spiro atoms. The van der Waals surface area contributed by atoms with Gasteiger partial charge in [-0.2, -0.15) is 0 Å². The van der Waals surface area contributed by atoms with E-state index in [1.54, 1.807) is 7.11 Å². The van der Waals surface area contributed by atoms with Crippen LogP contribution in [-0.4, -0.2) is 19.7 Å². The Kier molecular flexibility index (Phi) is 5.28. The standard InChI is InChI=1S/C16H24BrNO/c1-11(12(2)10-18-14-5-6-14)8-13-4-7-16(19-3)15(17)9-13/h4,7,9,11-12,14,18H,5-6,8,10H2,1-3H3. The fourth-order valence-electron chi connectivity index (χ4n) is 2.25. The summed E-state index contributed by atoms with van der Waals surface area (Å²) in [6.07, 6.45) is 3.86. The summed E-state index contributed by atoms with van der Waals surface area (Å²) in [6.45, 7) is 5.83. The molecule has 1 aromatic carbocycles. The van der Waals surface area contributed by atoms with E-state index in [9.17, 15) is 0 Å². The number of hydrogen-bond acceptors (Lipinski definition) is 2. The fraction of sp³-hybridized carbons (Fsp3) is 0.625. The van der Waals surface area contributed by atoms with Crippen LogP contribution >= 0.6 is 15.9 Å². The van der Waals surface area contributed by atoms with Gasteiger partial charge in [0.1, 0.15) is 5.75 Å². The molecule has 0 bridgehead atoms. The lowest BCUT2D eigenvalue weighted by atomic mass is 9.89. The number of rotatable bonds is 7. The van der Waals surface area contributed by atoms with Crippen LogP contribution in [0, 0.1) is 11.8 Å². The molecule has 2 rings (SSSR count). The first-order valence-electron chi connectivity index (χ1n) is 7.16. The monoisotopic (exact) mass is 325 g/mol. The molecule has 0 radical (unpaired) electrons. The van der Waals surface area contributed by atoms with Gasteiger partial charge in [0.05, 0.1) is 11.6 Å². The predicted molar refractivity (Wildman–Crippen MR) is 83.8 cm³/mol. The smallest absolute Gasteiger partial charge is 0.133 e. The van der Waals surface area contributed by atoms with Gasteiger partial charge in [-0.3, -0.25) is 0 Å². The molecular formula is C16H24BrNO. The van der Waals surface area contributed by atoms with Gasteiger partial charge in [0.2, 0.25) is 0 Å². The molecule has 0 saturated heterocycles. The highest BCUT2D eigenvalue weighted by molar-refractivity contribution is 9.10. The van der Waals surface area contributed by atoms with Gasteiger partial charge in [-0.1, -0.05) is 19.9 Å². The molecule has 3 heteroatoms. The number of halogens is 1. The van der Waals surface area contributed by atoms with Crippen LogP contribution in [0.5, 0.6) is 5.75 Å². The van der Waals surface area contributed by atoms with Gasteiger partial charge in [-0.05, 0) is 71.3 Å². The van der Waals surface area contributed by atoms with Gasteiger partial charge in [0, 0.05) is 6.04 Å². The van der Waals surface area contributed by atoms with Gasteiger partial charge in [-0.15, -0.1) is 0 Å². The lowest BCUT2D eigenvalue weighted by Gasteiger charge is -2.21. The molecule has 1 aliphatic carbocycles. The quantitative estimate of drug-likeness (QED) is 0.817. The Morgan fingerprint density at radius 3 is 2.63 bits per heavy atom. The summed E-state index contributed by atoms with van der Waals surface area (Å²) in [4.78, 5) is 0. The third-order valence-electron chi connectivity index (χ3n) is 4.05. The van der Waals surface area contributed by atoms with Crippen LogP contribution in [-0.2, 0) is 6.42 Å². The average molecular weight is 326 g/mol. The van der Waals surface area contributed by atoms with Crippen molar-refractivity contribution < 1.29 is 4.74 Å². The van der Waals surface area contributed by atoms with E-state index in [0.717, 1.165) is 29.2 Å². The van der Waals surface area contributed by atoms with E-state index >= 15 is 0 Å². The molecule has 0 heterocycles. The van der Waals surface area contributed by atoms with Crippen LogP contribution in [0.1, 0.15) is 32.3 Å². The molecule has 2 atom stereocenters. The first kappa shape index (κ1) is 14.9. The minimum atomic E-state index is 0.687. The zero-order valence-corrected chi connectivity index (χ0v) is 13.7. The van der Waals surface area contributed by atoms with Crippen molar-refractivity contribution in [3.8, 4) is 5.75 Å². The molecule has 1 fully saturated rings. The summed E-state index contributed by atoms with van der Waals surface area (Å²) >= 11 is 3.55. The Hall–Kier alpha value is -0.540. The van der Waals surface area contributed by atoms with Gasteiger partial charge in [0.15, 0.2) is 0 Å². The fourth-order valence-corrected chi connectivity index (χ4v) is 2.84. The molecule has 2 unspecified atom stereocenters. The van der Waals surface area contributed by atoms with Crippen molar-refractivity contribution in [3.05, 3.63) is 28.2 Å². The second-order valence-electron chi connectivity index (χ2n) is 5.81. The summed E-state index contributed by atoms with van der Waals surface area (Å²) < 4.78 is 6.31. The predicted octanol–water partition coefficient (Wildman–Crippen LogP) is 4.02. The van der Waals surface area contributed by atoms with Crippen LogP contribution in [0.15, 0.2) is 22.7 Å². The Labute approximate surface area is 125 Å². The summed E-state index contributed by atoms with van der Waals surface area (Å²) in [5, 5.41) is 3.62. The van der Waals surface area contributed by atoms with Crippen LogP contribution in [0.3, 0.4) is 0 Å². The van der Waals surface area contributed by atoms with Crippen molar-refractivity contribution in [2.45, 2.75) is 39.2 Å². The highest BCUT2D eigenvalue weighted by Crippen LogP contribution is 2.28. The van der Waals surface area contributed by atoms with Gasteiger partial charge in [-0.25, -0.2) is 0 Å². The topological polar surface area (TPSA) is 21.3 Å². The average Bonchev–Trinajstić information content (AvgIpc) is 3.20. The molecule has 0 aromatic heterocycles. The molecule has 2 nitrogen and oxygen atoms in total. The molecule has 1 N–H and O–H groups in total. The minimum Gasteiger partial charge on any atom is -0.496 e.